The van der Waals surface area contributed by atoms with Gasteiger partial charge in [-0.15, -0.1) is 0 Å². The van der Waals surface area contributed by atoms with Gasteiger partial charge in [0.25, 0.3) is 0 Å². The van der Waals surface area contributed by atoms with E-state index in [0.717, 1.165) is 46.0 Å². The average Bonchev–Trinajstić information content (AvgIpc) is 3.60. The van der Waals surface area contributed by atoms with Crippen molar-refractivity contribution < 1.29 is 9.90 Å². The fraction of sp³-hybridized carbons (Fsp3) is 0.120. The highest BCUT2D eigenvalue weighted by Crippen LogP contribution is 2.41. The molecule has 4 heteroatoms. The number of carboxylic acids is 1. The number of fused-ring (bicyclic) bond motifs is 1. The maximum atomic E-state index is 11.8. The number of aromatic carboxylic acids is 1. The number of pyridine rings is 1. The van der Waals surface area contributed by atoms with Crippen LogP contribution >= 0.6 is 0 Å². The summed E-state index contributed by atoms with van der Waals surface area (Å²) in [5.41, 5.74) is 4.35. The van der Waals surface area contributed by atoms with Crippen LogP contribution in [0.25, 0.3) is 21.9 Å². The summed E-state index contributed by atoms with van der Waals surface area (Å²) in [6, 6.07) is 24.2. The van der Waals surface area contributed by atoms with Gasteiger partial charge in [0, 0.05) is 17.3 Å². The maximum Gasteiger partial charge on any atom is 0.339 e. The summed E-state index contributed by atoms with van der Waals surface area (Å²) in [6.07, 6.45) is 4.02. The number of hydrogen-bond donors (Lipinski definition) is 2. The molecule has 1 aromatic heterocycles. The van der Waals surface area contributed by atoms with Crippen LogP contribution < -0.4 is 5.32 Å². The summed E-state index contributed by atoms with van der Waals surface area (Å²) in [4.78, 5) is 16.3. The van der Waals surface area contributed by atoms with Gasteiger partial charge < -0.3 is 10.4 Å². The van der Waals surface area contributed by atoms with Crippen molar-refractivity contribution in [3.8, 4) is 11.1 Å². The van der Waals surface area contributed by atoms with E-state index in [1.54, 1.807) is 12.3 Å². The van der Waals surface area contributed by atoms with Gasteiger partial charge in [-0.3, -0.25) is 0 Å². The summed E-state index contributed by atoms with van der Waals surface area (Å²) in [7, 11) is 0. The molecule has 4 aromatic rings. The smallest absolute Gasteiger partial charge is 0.339 e. The molecule has 4 nitrogen and oxygen atoms in total. The van der Waals surface area contributed by atoms with Crippen LogP contribution in [0.1, 0.15) is 34.7 Å². The normalized spacial score (nSPS) is 13.4. The van der Waals surface area contributed by atoms with Crippen LogP contribution in [-0.2, 0) is 0 Å². The number of anilines is 2. The van der Waals surface area contributed by atoms with Crippen LogP contribution in [0.15, 0.2) is 79.0 Å². The third kappa shape index (κ3) is 3.34. The quantitative estimate of drug-likeness (QED) is 0.431. The highest BCUT2D eigenvalue weighted by atomic mass is 16.4. The minimum atomic E-state index is -0.965. The molecule has 1 heterocycles. The molecule has 0 unspecified atom stereocenters. The van der Waals surface area contributed by atoms with Gasteiger partial charge in [0.1, 0.15) is 11.4 Å². The fourth-order valence-electron chi connectivity index (χ4n) is 3.80. The van der Waals surface area contributed by atoms with Crippen LogP contribution in [0.4, 0.5) is 11.5 Å². The third-order valence-corrected chi connectivity index (χ3v) is 5.45. The second-order valence-electron chi connectivity index (χ2n) is 7.44. The van der Waals surface area contributed by atoms with Gasteiger partial charge in [-0.25, -0.2) is 9.78 Å². The van der Waals surface area contributed by atoms with Gasteiger partial charge in [0.15, 0.2) is 0 Å². The van der Waals surface area contributed by atoms with Gasteiger partial charge in [-0.05, 0) is 53.0 Å². The van der Waals surface area contributed by atoms with E-state index in [9.17, 15) is 9.90 Å². The lowest BCUT2D eigenvalue weighted by atomic mass is 9.97. The van der Waals surface area contributed by atoms with Crippen molar-refractivity contribution in [3.63, 3.8) is 0 Å². The van der Waals surface area contributed by atoms with Gasteiger partial charge >= 0.3 is 5.97 Å². The van der Waals surface area contributed by atoms with Crippen LogP contribution in [-0.4, -0.2) is 16.1 Å². The lowest BCUT2D eigenvalue weighted by molar-refractivity contribution is 0.0697. The first-order valence-corrected chi connectivity index (χ1v) is 9.78. The fourth-order valence-corrected chi connectivity index (χ4v) is 3.80. The summed E-state index contributed by atoms with van der Waals surface area (Å²) in [6.45, 7) is 0. The molecule has 0 spiro atoms. The number of nitrogens with zero attached hydrogens (tertiary/aromatic N) is 1. The summed E-state index contributed by atoms with van der Waals surface area (Å²) >= 11 is 0. The van der Waals surface area contributed by atoms with Crippen molar-refractivity contribution >= 4 is 28.2 Å². The molecule has 1 saturated carbocycles. The highest BCUT2D eigenvalue weighted by Gasteiger charge is 2.26. The zero-order valence-corrected chi connectivity index (χ0v) is 15.8. The summed E-state index contributed by atoms with van der Waals surface area (Å²) in [5.74, 6) is -0.132. The molecule has 1 aliphatic rings. The van der Waals surface area contributed by atoms with E-state index in [0.29, 0.717) is 11.7 Å². The van der Waals surface area contributed by atoms with Gasteiger partial charge in [0.2, 0.25) is 0 Å². The molecular formula is C25H20N2O2. The average molecular weight is 380 g/mol. The number of rotatable bonds is 5. The van der Waals surface area contributed by atoms with E-state index in [1.807, 2.05) is 42.5 Å². The second kappa shape index (κ2) is 7.06. The van der Waals surface area contributed by atoms with E-state index in [2.05, 4.69) is 34.6 Å². The van der Waals surface area contributed by atoms with E-state index >= 15 is 0 Å². The molecule has 0 amide bonds. The lowest BCUT2D eigenvalue weighted by Crippen LogP contribution is -2.06. The van der Waals surface area contributed by atoms with Crippen molar-refractivity contribution in [2.45, 2.75) is 18.8 Å². The molecule has 0 atom stereocenters. The first kappa shape index (κ1) is 17.4. The predicted molar refractivity (Wildman–Crippen MR) is 116 cm³/mol. The summed E-state index contributed by atoms with van der Waals surface area (Å²) < 4.78 is 0. The topological polar surface area (TPSA) is 62.2 Å². The Morgan fingerprint density at radius 3 is 2.45 bits per heavy atom. The number of hydrogen-bond acceptors (Lipinski definition) is 3. The van der Waals surface area contributed by atoms with E-state index in [1.165, 1.54) is 0 Å². The maximum absolute atomic E-state index is 11.8. The number of aromatic nitrogens is 1. The zero-order chi connectivity index (χ0) is 19.8. The number of benzene rings is 3. The van der Waals surface area contributed by atoms with Crippen molar-refractivity contribution in [1.29, 1.82) is 0 Å². The van der Waals surface area contributed by atoms with Crippen LogP contribution in [0.2, 0.25) is 0 Å². The molecule has 142 valence electrons. The van der Waals surface area contributed by atoms with Crippen molar-refractivity contribution in [2.75, 3.05) is 5.32 Å². The van der Waals surface area contributed by atoms with Gasteiger partial charge in [-0.2, -0.15) is 0 Å². The van der Waals surface area contributed by atoms with Crippen molar-refractivity contribution in [3.05, 3.63) is 90.1 Å². The molecule has 5 rings (SSSR count). The summed E-state index contributed by atoms with van der Waals surface area (Å²) in [5, 5.41) is 15.1. The Balaban J connectivity index is 1.59. The first-order chi connectivity index (χ1) is 14.2. The Morgan fingerprint density at radius 2 is 1.69 bits per heavy atom. The molecule has 3 aromatic carbocycles. The lowest BCUT2D eigenvalue weighted by Gasteiger charge is -2.14. The molecule has 0 bridgehead atoms. The highest BCUT2D eigenvalue weighted by molar-refractivity contribution is 6.04. The Morgan fingerprint density at radius 1 is 0.931 bits per heavy atom. The Hall–Kier alpha value is -3.66. The van der Waals surface area contributed by atoms with E-state index < -0.39 is 5.97 Å². The molecule has 29 heavy (non-hydrogen) atoms. The molecule has 0 radical (unpaired) electrons. The van der Waals surface area contributed by atoms with Crippen LogP contribution in [0, 0.1) is 0 Å². The molecule has 1 aliphatic carbocycles. The zero-order valence-electron chi connectivity index (χ0n) is 15.8. The number of carboxylic acid groups (broad SMARTS) is 1. The number of carbonyl (C=O) groups is 1. The minimum absolute atomic E-state index is 0.214. The SMILES string of the molecule is O=C(O)c1cc(C2CC2)cnc1Nc1cccc2c(-c3ccccc3)cccc12. The van der Waals surface area contributed by atoms with Crippen molar-refractivity contribution in [2.24, 2.45) is 0 Å². The molecule has 0 saturated heterocycles. The minimum Gasteiger partial charge on any atom is -0.478 e. The molecular weight excluding hydrogens is 360 g/mol. The monoisotopic (exact) mass is 380 g/mol. The first-order valence-electron chi connectivity index (χ1n) is 9.78. The van der Waals surface area contributed by atoms with Crippen molar-refractivity contribution in [1.82, 2.24) is 4.98 Å². The van der Waals surface area contributed by atoms with Crippen LogP contribution in [0.3, 0.4) is 0 Å². The van der Waals surface area contributed by atoms with E-state index in [4.69, 9.17) is 0 Å². The van der Waals surface area contributed by atoms with Crippen LogP contribution in [0.5, 0.6) is 0 Å². The molecule has 0 aliphatic heterocycles. The Kier molecular flexibility index (Phi) is 4.24. The Bertz CT molecular complexity index is 1210. The standard InChI is InChI=1S/C25H20N2O2/c28-25(29)22-14-18(16-12-13-16)15-26-24(22)27-23-11-5-9-20-19(8-4-10-21(20)23)17-6-2-1-3-7-17/h1-11,14-16H,12-13H2,(H,26,27)(H,28,29). The van der Waals surface area contributed by atoms with E-state index in [-0.39, 0.29) is 5.56 Å². The second-order valence-corrected chi connectivity index (χ2v) is 7.44. The molecule has 1 fully saturated rings. The predicted octanol–water partition coefficient (Wildman–Crippen LogP) is 6.22. The third-order valence-electron chi connectivity index (χ3n) is 5.45. The number of nitrogens with one attached hydrogen (secondary N) is 1. The van der Waals surface area contributed by atoms with Gasteiger partial charge in [0.05, 0.1) is 0 Å². The largest absolute Gasteiger partial charge is 0.478 e. The van der Waals surface area contributed by atoms with Gasteiger partial charge in [-0.1, -0.05) is 60.7 Å². The Labute approximate surface area is 168 Å². The molecule has 2 N–H and O–H groups in total.